The first-order chi connectivity index (χ1) is 24.6. The van der Waals surface area contributed by atoms with E-state index in [0.717, 1.165) is 38.5 Å². The van der Waals surface area contributed by atoms with E-state index >= 15 is 0 Å². The Kier molecular flexibility index (Phi) is 39.6. The molecule has 0 aromatic heterocycles. The number of hydrogen-bond acceptors (Lipinski definition) is 4. The summed E-state index contributed by atoms with van der Waals surface area (Å²) in [5, 5.41) is 33.1. The van der Waals surface area contributed by atoms with E-state index in [0.29, 0.717) is 6.42 Å². The number of unbranched alkanes of at least 4 members (excludes halogenated alkanes) is 30. The normalized spacial score (nSPS) is 13.8. The van der Waals surface area contributed by atoms with Crippen molar-refractivity contribution in [2.24, 2.45) is 0 Å². The largest absolute Gasteiger partial charge is 0.394 e. The highest BCUT2D eigenvalue weighted by atomic mass is 16.3. The van der Waals surface area contributed by atoms with E-state index < -0.39 is 24.2 Å². The van der Waals surface area contributed by atoms with Gasteiger partial charge in [-0.25, -0.2) is 0 Å². The second kappa shape index (κ2) is 40.6. The van der Waals surface area contributed by atoms with E-state index in [9.17, 15) is 20.1 Å². The maximum Gasteiger partial charge on any atom is 0.249 e. The Morgan fingerprint density at radius 3 is 1.22 bits per heavy atom. The summed E-state index contributed by atoms with van der Waals surface area (Å²) in [6, 6.07) is -0.810. The van der Waals surface area contributed by atoms with E-state index in [-0.39, 0.29) is 6.61 Å². The van der Waals surface area contributed by atoms with Crippen LogP contribution >= 0.6 is 0 Å². The molecular formula is C45H87NO4. The molecular weight excluding hydrogens is 618 g/mol. The van der Waals surface area contributed by atoms with Crippen LogP contribution in [0.25, 0.3) is 0 Å². The summed E-state index contributed by atoms with van der Waals surface area (Å²) in [5.74, 6) is -0.510. The van der Waals surface area contributed by atoms with Crippen molar-refractivity contribution in [1.29, 1.82) is 0 Å². The monoisotopic (exact) mass is 706 g/mol. The third kappa shape index (κ3) is 35.2. The van der Waals surface area contributed by atoms with Gasteiger partial charge in [-0.1, -0.05) is 224 Å². The van der Waals surface area contributed by atoms with Crippen LogP contribution in [0.1, 0.15) is 232 Å². The standard InChI is InChI=1S/C45H87NO4/c1-3-5-7-9-11-13-15-17-19-21-22-23-24-26-28-30-32-34-36-38-40-44(49)45(50)46-42(41-47)43(48)39-37-35-33-31-29-27-25-20-18-16-14-12-10-8-6-4-2/h29,31,37,39,42-44,47-49H,3-28,30,32-36,38,40-41H2,1-2H3,(H,46,50)/b31-29+,39-37+. The van der Waals surface area contributed by atoms with Gasteiger partial charge in [-0.3, -0.25) is 4.79 Å². The summed E-state index contributed by atoms with van der Waals surface area (Å²) in [6.07, 6.45) is 49.2. The molecule has 3 atom stereocenters. The van der Waals surface area contributed by atoms with Gasteiger partial charge in [0.1, 0.15) is 6.10 Å². The van der Waals surface area contributed by atoms with E-state index in [2.05, 4.69) is 31.3 Å². The molecule has 0 saturated heterocycles. The number of carbonyl (C=O) groups excluding carboxylic acids is 1. The maximum absolute atomic E-state index is 12.5. The van der Waals surface area contributed by atoms with Gasteiger partial charge in [0.05, 0.1) is 18.8 Å². The fourth-order valence-corrected chi connectivity index (χ4v) is 6.79. The van der Waals surface area contributed by atoms with Crippen molar-refractivity contribution < 1.29 is 20.1 Å². The fourth-order valence-electron chi connectivity index (χ4n) is 6.79. The van der Waals surface area contributed by atoms with Gasteiger partial charge in [0, 0.05) is 0 Å². The molecule has 5 heteroatoms. The van der Waals surface area contributed by atoms with E-state index in [4.69, 9.17) is 0 Å². The van der Waals surface area contributed by atoms with Crippen molar-refractivity contribution >= 4 is 5.91 Å². The molecule has 5 nitrogen and oxygen atoms in total. The fraction of sp³-hybridized carbons (Fsp3) is 0.889. The zero-order valence-electron chi connectivity index (χ0n) is 33.5. The first-order valence-electron chi connectivity index (χ1n) is 22.2. The lowest BCUT2D eigenvalue weighted by Gasteiger charge is -2.21. The number of aliphatic hydroxyl groups is 3. The molecule has 50 heavy (non-hydrogen) atoms. The van der Waals surface area contributed by atoms with Gasteiger partial charge < -0.3 is 20.6 Å². The molecule has 0 heterocycles. The molecule has 0 spiro atoms. The van der Waals surface area contributed by atoms with Gasteiger partial charge in [-0.15, -0.1) is 0 Å². The van der Waals surface area contributed by atoms with Crippen molar-refractivity contribution in [2.45, 2.75) is 250 Å². The third-order valence-electron chi connectivity index (χ3n) is 10.3. The molecule has 0 bridgehead atoms. The summed E-state index contributed by atoms with van der Waals surface area (Å²) >= 11 is 0. The highest BCUT2D eigenvalue weighted by Gasteiger charge is 2.22. The molecule has 0 saturated carbocycles. The molecule has 0 aliphatic carbocycles. The molecule has 0 aliphatic rings. The zero-order valence-corrected chi connectivity index (χ0v) is 33.5. The quantitative estimate of drug-likeness (QED) is 0.0377. The zero-order chi connectivity index (χ0) is 36.6. The number of carbonyl (C=O) groups is 1. The first kappa shape index (κ1) is 48.8. The maximum atomic E-state index is 12.5. The molecule has 0 aliphatic heterocycles. The van der Waals surface area contributed by atoms with Gasteiger partial charge in [0.15, 0.2) is 0 Å². The Morgan fingerprint density at radius 2 is 0.820 bits per heavy atom. The van der Waals surface area contributed by atoms with Crippen LogP contribution in [0.2, 0.25) is 0 Å². The highest BCUT2D eigenvalue weighted by molar-refractivity contribution is 5.80. The molecule has 4 N–H and O–H groups in total. The van der Waals surface area contributed by atoms with E-state index in [1.807, 2.05) is 6.08 Å². The molecule has 0 fully saturated rings. The summed E-state index contributed by atoms with van der Waals surface area (Å²) in [6.45, 7) is 4.18. The lowest BCUT2D eigenvalue weighted by Crippen LogP contribution is -2.48. The van der Waals surface area contributed by atoms with Crippen molar-refractivity contribution in [2.75, 3.05) is 6.61 Å². The average molecular weight is 706 g/mol. The van der Waals surface area contributed by atoms with E-state index in [1.54, 1.807) is 6.08 Å². The lowest BCUT2D eigenvalue weighted by atomic mass is 10.0. The molecule has 3 unspecified atom stereocenters. The minimum atomic E-state index is -1.10. The van der Waals surface area contributed by atoms with Crippen LogP contribution in [0.15, 0.2) is 24.3 Å². The summed E-state index contributed by atoms with van der Waals surface area (Å²) in [7, 11) is 0. The van der Waals surface area contributed by atoms with Crippen LogP contribution < -0.4 is 5.32 Å². The van der Waals surface area contributed by atoms with Crippen molar-refractivity contribution in [1.82, 2.24) is 5.32 Å². The Morgan fingerprint density at radius 1 is 0.480 bits per heavy atom. The van der Waals surface area contributed by atoms with Gasteiger partial charge in [-0.2, -0.15) is 0 Å². The summed E-state index contributed by atoms with van der Waals surface area (Å²) in [5.41, 5.74) is 0. The summed E-state index contributed by atoms with van der Waals surface area (Å²) in [4.78, 5) is 12.5. The van der Waals surface area contributed by atoms with Crippen LogP contribution in [0.5, 0.6) is 0 Å². The van der Waals surface area contributed by atoms with Gasteiger partial charge >= 0.3 is 0 Å². The number of nitrogens with one attached hydrogen (secondary N) is 1. The van der Waals surface area contributed by atoms with Gasteiger partial charge in [0.25, 0.3) is 0 Å². The molecule has 0 aromatic carbocycles. The number of aliphatic hydroxyl groups excluding tert-OH is 3. The number of hydrogen-bond donors (Lipinski definition) is 4. The van der Waals surface area contributed by atoms with Crippen LogP contribution in [-0.2, 0) is 4.79 Å². The average Bonchev–Trinajstić information content (AvgIpc) is 3.12. The number of amides is 1. The van der Waals surface area contributed by atoms with Gasteiger partial charge in [-0.05, 0) is 32.1 Å². The lowest BCUT2D eigenvalue weighted by molar-refractivity contribution is -0.131. The third-order valence-corrected chi connectivity index (χ3v) is 10.3. The van der Waals surface area contributed by atoms with Crippen molar-refractivity contribution in [3.63, 3.8) is 0 Å². The summed E-state index contributed by atoms with van der Waals surface area (Å²) < 4.78 is 0. The predicted molar refractivity (Wildman–Crippen MR) is 218 cm³/mol. The highest BCUT2D eigenvalue weighted by Crippen LogP contribution is 2.16. The number of allylic oxidation sites excluding steroid dienone is 3. The minimum absolute atomic E-state index is 0.373. The van der Waals surface area contributed by atoms with Gasteiger partial charge in [0.2, 0.25) is 5.91 Å². The van der Waals surface area contributed by atoms with Crippen molar-refractivity contribution in [3.05, 3.63) is 24.3 Å². The van der Waals surface area contributed by atoms with Crippen LogP contribution in [-0.4, -0.2) is 46.1 Å². The van der Waals surface area contributed by atoms with E-state index in [1.165, 1.54) is 173 Å². The smallest absolute Gasteiger partial charge is 0.249 e. The second-order valence-electron chi connectivity index (χ2n) is 15.3. The molecule has 1 amide bonds. The Labute approximate surface area is 312 Å². The molecule has 0 rings (SSSR count). The van der Waals surface area contributed by atoms with Crippen LogP contribution in [0.4, 0.5) is 0 Å². The first-order valence-corrected chi connectivity index (χ1v) is 22.2. The van der Waals surface area contributed by atoms with Crippen LogP contribution in [0.3, 0.4) is 0 Å². The second-order valence-corrected chi connectivity index (χ2v) is 15.3. The Hall–Kier alpha value is -1.17. The predicted octanol–water partition coefficient (Wildman–Crippen LogP) is 12.6. The SMILES string of the molecule is CCCCCCCCCCCC/C=C/CC/C=C/C(O)C(CO)NC(=O)C(O)CCCCCCCCCCCCCCCCCCCCCC. The van der Waals surface area contributed by atoms with Crippen molar-refractivity contribution in [3.8, 4) is 0 Å². The van der Waals surface area contributed by atoms with Crippen LogP contribution in [0, 0.1) is 0 Å². The molecule has 296 valence electrons. The molecule has 0 radical (unpaired) electrons. The Balaban J connectivity index is 3.67. The minimum Gasteiger partial charge on any atom is -0.394 e. The molecule has 0 aromatic rings. The Bertz CT molecular complexity index is 739. The number of rotatable bonds is 40. The topological polar surface area (TPSA) is 89.8 Å².